The Bertz CT molecular complexity index is 4590. The lowest BCUT2D eigenvalue weighted by Gasteiger charge is -2.26. The van der Waals surface area contributed by atoms with Crippen molar-refractivity contribution < 1.29 is 4.74 Å². The Morgan fingerprint density at radius 2 is 1.08 bits per heavy atom. The van der Waals surface area contributed by atoms with Crippen LogP contribution in [0.3, 0.4) is 0 Å². The molecule has 13 aromatic rings. The highest BCUT2D eigenvalue weighted by Crippen LogP contribution is 2.58. The van der Waals surface area contributed by atoms with E-state index < -0.39 is 0 Å². The number of aromatic nitrogens is 3. The molecule has 16 rings (SSSR count). The number of ether oxygens (including phenoxy) is 1. The molecule has 0 aliphatic carbocycles. The molecule has 3 aliphatic heterocycles. The summed E-state index contributed by atoms with van der Waals surface area (Å²) >= 11 is 0. The van der Waals surface area contributed by atoms with Gasteiger partial charge >= 0.3 is 0 Å². The van der Waals surface area contributed by atoms with Crippen molar-refractivity contribution in [3.05, 3.63) is 236 Å². The Morgan fingerprint density at radius 1 is 0.421 bits per heavy atom. The predicted octanol–water partition coefficient (Wildman–Crippen LogP) is 18.6. The number of pyridine rings is 1. The van der Waals surface area contributed by atoms with Crippen molar-refractivity contribution in [2.24, 2.45) is 0 Å². The van der Waals surface area contributed by atoms with E-state index in [9.17, 15) is 0 Å². The molecule has 0 saturated carbocycles. The molecule has 3 aromatic heterocycles. The van der Waals surface area contributed by atoms with E-state index in [2.05, 4.69) is 264 Å². The third-order valence-electron chi connectivity index (χ3n) is 16.3. The van der Waals surface area contributed by atoms with E-state index in [1.54, 1.807) is 0 Å². The Balaban J connectivity index is 0.862. The van der Waals surface area contributed by atoms with Gasteiger partial charge in [0, 0.05) is 73.4 Å². The Labute approximate surface area is 440 Å². The third kappa shape index (κ3) is 6.12. The normalized spacial score (nSPS) is 13.1. The quantitative estimate of drug-likeness (QED) is 0.172. The van der Waals surface area contributed by atoms with Gasteiger partial charge in [-0.15, -0.1) is 0 Å². The first kappa shape index (κ1) is 42.8. The first-order valence-corrected chi connectivity index (χ1v) is 26.3. The second-order valence-corrected chi connectivity index (χ2v) is 21.5. The third-order valence-corrected chi connectivity index (χ3v) is 16.3. The maximum absolute atomic E-state index is 7.06. The summed E-state index contributed by atoms with van der Waals surface area (Å²) in [5.41, 5.74) is 23.7. The molecule has 10 aromatic carbocycles. The van der Waals surface area contributed by atoms with Gasteiger partial charge in [0.1, 0.15) is 24.0 Å². The topological polar surface area (TPSA) is 38.5 Å². The Kier molecular flexibility index (Phi) is 8.97. The molecule has 6 heterocycles. The van der Waals surface area contributed by atoms with E-state index in [-0.39, 0.29) is 5.41 Å². The molecular formula is C70H49N5O. The van der Waals surface area contributed by atoms with Crippen LogP contribution in [0.5, 0.6) is 11.5 Å². The SMILES string of the molecule is CC(C)(C)c1ccnc(-n2c3cc(Oc4cccc(N5CN6c7c(-c8ccccc8)cccc7-c7ccccc7-c7cccc5c76)c4)ccc3c3c4c(ccc32)-n2c3ccccc3c3cccc(c32)-c2ccccc2-4)c1. The molecule has 0 bridgehead atoms. The largest absolute Gasteiger partial charge is 0.457 e. The smallest absolute Gasteiger partial charge is 0.137 e. The molecular weight excluding hydrogens is 927 g/mol. The average molecular weight is 976 g/mol. The molecule has 6 nitrogen and oxygen atoms in total. The van der Waals surface area contributed by atoms with Gasteiger partial charge in [0.05, 0.1) is 44.8 Å². The van der Waals surface area contributed by atoms with E-state index in [4.69, 9.17) is 9.72 Å². The summed E-state index contributed by atoms with van der Waals surface area (Å²) in [5.74, 6) is 2.38. The summed E-state index contributed by atoms with van der Waals surface area (Å²) in [6, 6.07) is 82.0. The second-order valence-electron chi connectivity index (χ2n) is 21.5. The lowest BCUT2D eigenvalue weighted by atomic mass is 9.88. The van der Waals surface area contributed by atoms with Gasteiger partial charge in [-0.1, -0.05) is 172 Å². The van der Waals surface area contributed by atoms with E-state index in [1.165, 1.54) is 99.8 Å². The van der Waals surface area contributed by atoms with Gasteiger partial charge in [0.2, 0.25) is 0 Å². The van der Waals surface area contributed by atoms with Crippen molar-refractivity contribution in [2.45, 2.75) is 26.2 Å². The molecule has 0 spiro atoms. The van der Waals surface area contributed by atoms with E-state index >= 15 is 0 Å². The fourth-order valence-electron chi connectivity index (χ4n) is 12.9. The van der Waals surface area contributed by atoms with Gasteiger partial charge in [-0.25, -0.2) is 4.98 Å². The molecule has 0 fully saturated rings. The van der Waals surface area contributed by atoms with E-state index in [1.807, 2.05) is 6.20 Å². The van der Waals surface area contributed by atoms with Gasteiger partial charge in [-0.3, -0.25) is 4.57 Å². The summed E-state index contributed by atoms with van der Waals surface area (Å²) in [6.45, 7) is 7.43. The summed E-state index contributed by atoms with van der Waals surface area (Å²) < 4.78 is 11.9. The van der Waals surface area contributed by atoms with E-state index in [0.29, 0.717) is 6.67 Å². The van der Waals surface area contributed by atoms with Crippen LogP contribution in [-0.4, -0.2) is 20.8 Å². The van der Waals surface area contributed by atoms with Crippen molar-refractivity contribution in [3.8, 4) is 78.6 Å². The van der Waals surface area contributed by atoms with Crippen LogP contribution in [-0.2, 0) is 5.41 Å². The number of hydrogen-bond donors (Lipinski definition) is 0. The molecule has 0 amide bonds. The summed E-state index contributed by atoms with van der Waals surface area (Å²) in [4.78, 5) is 10.1. The number of rotatable bonds is 5. The summed E-state index contributed by atoms with van der Waals surface area (Å²) in [6.07, 6.45) is 1.96. The van der Waals surface area contributed by atoms with Crippen LogP contribution in [0.25, 0.3) is 111 Å². The zero-order chi connectivity index (χ0) is 50.4. The zero-order valence-corrected chi connectivity index (χ0v) is 42.3. The number of benzene rings is 10. The first-order chi connectivity index (χ1) is 37.4. The molecule has 0 radical (unpaired) electrons. The van der Waals surface area contributed by atoms with Crippen molar-refractivity contribution in [1.82, 2.24) is 14.1 Å². The van der Waals surface area contributed by atoms with Gasteiger partial charge in [0.15, 0.2) is 0 Å². The molecule has 0 saturated heterocycles. The fraction of sp³-hybridized carbons (Fsp3) is 0.0714. The summed E-state index contributed by atoms with van der Waals surface area (Å²) in [7, 11) is 0. The van der Waals surface area contributed by atoms with Crippen LogP contribution in [0.2, 0.25) is 0 Å². The molecule has 0 atom stereocenters. The first-order valence-electron chi connectivity index (χ1n) is 26.3. The van der Waals surface area contributed by atoms with Crippen molar-refractivity contribution in [3.63, 3.8) is 0 Å². The molecule has 0 unspecified atom stereocenters. The van der Waals surface area contributed by atoms with Gasteiger partial charge in [-0.2, -0.15) is 0 Å². The van der Waals surface area contributed by atoms with Gasteiger partial charge in [-0.05, 0) is 99.5 Å². The highest BCUT2D eigenvalue weighted by atomic mass is 16.5. The van der Waals surface area contributed by atoms with Crippen LogP contribution in [0.4, 0.5) is 22.7 Å². The summed E-state index contributed by atoms with van der Waals surface area (Å²) in [5, 5.41) is 4.82. The molecule has 0 N–H and O–H groups in total. The highest BCUT2D eigenvalue weighted by molar-refractivity contribution is 6.23. The number of nitrogens with zero attached hydrogens (tertiary/aromatic N) is 5. The highest BCUT2D eigenvalue weighted by Gasteiger charge is 2.37. The van der Waals surface area contributed by atoms with Gasteiger partial charge < -0.3 is 19.1 Å². The Morgan fingerprint density at radius 3 is 1.91 bits per heavy atom. The molecule has 6 heteroatoms. The van der Waals surface area contributed by atoms with Crippen molar-refractivity contribution >= 4 is 66.4 Å². The minimum absolute atomic E-state index is 0.0815. The maximum atomic E-state index is 7.06. The lowest BCUT2D eigenvalue weighted by molar-refractivity contribution is 0.483. The minimum atomic E-state index is -0.0815. The average Bonchev–Trinajstić information content (AvgIpc) is 4.26. The lowest BCUT2D eigenvalue weighted by Crippen LogP contribution is -2.24. The van der Waals surface area contributed by atoms with Crippen molar-refractivity contribution in [2.75, 3.05) is 16.5 Å². The maximum Gasteiger partial charge on any atom is 0.137 e. The van der Waals surface area contributed by atoms with Crippen LogP contribution in [0.15, 0.2) is 231 Å². The molecule has 76 heavy (non-hydrogen) atoms. The van der Waals surface area contributed by atoms with Crippen LogP contribution in [0, 0.1) is 0 Å². The fourth-order valence-corrected chi connectivity index (χ4v) is 12.9. The van der Waals surface area contributed by atoms with E-state index in [0.717, 1.165) is 50.8 Å². The molecule has 3 aliphatic rings. The number of hydrogen-bond acceptors (Lipinski definition) is 4. The number of fused-ring (bicyclic) bond motifs is 17. The Hall–Kier alpha value is -9.65. The van der Waals surface area contributed by atoms with Crippen molar-refractivity contribution in [1.29, 1.82) is 0 Å². The molecule has 360 valence electrons. The number of para-hydroxylation sites is 4. The van der Waals surface area contributed by atoms with Crippen LogP contribution < -0.4 is 14.5 Å². The number of anilines is 4. The zero-order valence-electron chi connectivity index (χ0n) is 42.3. The van der Waals surface area contributed by atoms with Crippen LogP contribution >= 0.6 is 0 Å². The minimum Gasteiger partial charge on any atom is -0.457 e. The second kappa shape index (κ2) is 15.9. The predicted molar refractivity (Wildman–Crippen MR) is 314 cm³/mol. The van der Waals surface area contributed by atoms with Crippen LogP contribution in [0.1, 0.15) is 26.3 Å². The standard InChI is InChI=1S/C70H49N5O/c1-70(2,3)44-37-38-71-64(39-44)74-60-35-36-61-65(53-25-10-9-23-51(53)55-28-15-29-57-52-24-11-12-31-59(52)75(61)68(55)57)66(60)58-34-33-47(41-63(58)74)76-46-20-13-19-45(40-46)72-42-73-67-48(43-17-5-4-6-18-43)26-14-27-54(67)49-21-7-8-22-50(49)56-30-16-32-62(72)69(56)73/h4-41H,42H2,1-3H3. The monoisotopic (exact) mass is 975 g/mol. The van der Waals surface area contributed by atoms with Gasteiger partial charge in [0.25, 0.3) is 0 Å².